The van der Waals surface area contributed by atoms with Gasteiger partial charge < -0.3 is 9.84 Å². The van der Waals surface area contributed by atoms with Crippen molar-refractivity contribution in [3.8, 4) is 11.5 Å². The molecule has 3 heteroatoms. The van der Waals surface area contributed by atoms with Crippen LogP contribution < -0.4 is 4.74 Å². The molecule has 1 saturated heterocycles. The van der Waals surface area contributed by atoms with E-state index in [0.717, 1.165) is 12.0 Å². The predicted octanol–water partition coefficient (Wildman–Crippen LogP) is 3.73. The van der Waals surface area contributed by atoms with E-state index in [2.05, 4.69) is 11.8 Å². The lowest BCUT2D eigenvalue weighted by molar-refractivity contribution is 0.141. The van der Waals surface area contributed by atoms with E-state index >= 15 is 0 Å². The standard InChI is InChI=1S/C17H25NO2/c1-12(14-7-8-16(19)17(11-14)20-2)18-10-9-13-5-3-4-6-15(13)18/h7-8,11-13,15,19H,3-6,9-10H2,1-2H3. The van der Waals surface area contributed by atoms with Crippen molar-refractivity contribution in [3.05, 3.63) is 23.8 Å². The van der Waals surface area contributed by atoms with Crippen LogP contribution in [0.5, 0.6) is 11.5 Å². The van der Waals surface area contributed by atoms with Gasteiger partial charge in [0.25, 0.3) is 0 Å². The van der Waals surface area contributed by atoms with Crippen LogP contribution in [0.4, 0.5) is 0 Å². The average Bonchev–Trinajstić information content (AvgIpc) is 2.91. The lowest BCUT2D eigenvalue weighted by Gasteiger charge is -2.35. The van der Waals surface area contributed by atoms with Crippen molar-refractivity contribution in [2.24, 2.45) is 5.92 Å². The Morgan fingerprint density at radius 1 is 1.25 bits per heavy atom. The summed E-state index contributed by atoms with van der Waals surface area (Å²) in [5, 5.41) is 9.73. The lowest BCUT2D eigenvalue weighted by atomic mass is 9.85. The first-order valence-electron chi connectivity index (χ1n) is 7.83. The van der Waals surface area contributed by atoms with Gasteiger partial charge in [-0.15, -0.1) is 0 Å². The van der Waals surface area contributed by atoms with Gasteiger partial charge in [-0.2, -0.15) is 0 Å². The number of benzene rings is 1. The Labute approximate surface area is 121 Å². The van der Waals surface area contributed by atoms with Gasteiger partial charge >= 0.3 is 0 Å². The molecular formula is C17H25NO2. The summed E-state index contributed by atoms with van der Waals surface area (Å²) in [4.78, 5) is 2.66. The molecule has 1 aliphatic heterocycles. The summed E-state index contributed by atoms with van der Waals surface area (Å²) in [5.41, 5.74) is 1.24. The number of hydrogen-bond donors (Lipinski definition) is 1. The number of methoxy groups -OCH3 is 1. The zero-order valence-corrected chi connectivity index (χ0v) is 12.5. The van der Waals surface area contributed by atoms with Gasteiger partial charge in [0.2, 0.25) is 0 Å². The summed E-state index contributed by atoms with van der Waals surface area (Å²) in [5.74, 6) is 1.71. The molecule has 1 aromatic rings. The summed E-state index contributed by atoms with van der Waals surface area (Å²) in [6, 6.07) is 6.92. The first kappa shape index (κ1) is 13.7. The first-order valence-corrected chi connectivity index (χ1v) is 7.83. The van der Waals surface area contributed by atoms with Gasteiger partial charge in [-0.05, 0) is 56.3 Å². The van der Waals surface area contributed by atoms with Crippen LogP contribution in [0, 0.1) is 5.92 Å². The molecule has 0 radical (unpaired) electrons. The molecule has 1 saturated carbocycles. The molecular weight excluding hydrogens is 250 g/mol. The fourth-order valence-electron chi connectivity index (χ4n) is 4.07. The van der Waals surface area contributed by atoms with Gasteiger partial charge in [-0.25, -0.2) is 0 Å². The Hall–Kier alpha value is -1.22. The summed E-state index contributed by atoms with van der Waals surface area (Å²) >= 11 is 0. The zero-order chi connectivity index (χ0) is 14.1. The highest BCUT2D eigenvalue weighted by molar-refractivity contribution is 5.42. The summed E-state index contributed by atoms with van der Waals surface area (Å²) in [6.45, 7) is 3.49. The predicted molar refractivity (Wildman–Crippen MR) is 80.1 cm³/mol. The monoisotopic (exact) mass is 275 g/mol. The van der Waals surface area contributed by atoms with Crippen molar-refractivity contribution in [2.75, 3.05) is 13.7 Å². The Kier molecular flexibility index (Phi) is 3.88. The Balaban J connectivity index is 1.80. The van der Waals surface area contributed by atoms with E-state index in [9.17, 15) is 5.11 Å². The number of rotatable bonds is 3. The summed E-state index contributed by atoms with van der Waals surface area (Å²) < 4.78 is 5.24. The minimum atomic E-state index is 0.223. The quantitative estimate of drug-likeness (QED) is 0.912. The number of hydrogen-bond acceptors (Lipinski definition) is 3. The summed E-state index contributed by atoms with van der Waals surface area (Å²) in [7, 11) is 1.61. The second kappa shape index (κ2) is 5.65. The average molecular weight is 275 g/mol. The van der Waals surface area contributed by atoms with Gasteiger partial charge in [0.1, 0.15) is 0 Å². The van der Waals surface area contributed by atoms with E-state index in [4.69, 9.17) is 4.74 Å². The van der Waals surface area contributed by atoms with Crippen LogP contribution in [0.15, 0.2) is 18.2 Å². The van der Waals surface area contributed by atoms with E-state index in [-0.39, 0.29) is 5.75 Å². The number of phenolic OH excluding ortho intramolecular Hbond substituents is 1. The SMILES string of the molecule is COc1cc(C(C)N2CCC3CCCCC32)ccc1O. The molecule has 0 spiro atoms. The molecule has 0 amide bonds. The van der Waals surface area contributed by atoms with Gasteiger partial charge in [-0.1, -0.05) is 18.9 Å². The first-order chi connectivity index (χ1) is 9.70. The molecule has 0 bridgehead atoms. The number of likely N-dealkylation sites (tertiary alicyclic amines) is 1. The number of nitrogens with zero attached hydrogens (tertiary/aromatic N) is 1. The Morgan fingerprint density at radius 2 is 2.05 bits per heavy atom. The third kappa shape index (κ3) is 2.39. The number of phenols is 1. The van der Waals surface area contributed by atoms with Crippen molar-refractivity contribution in [2.45, 2.75) is 51.1 Å². The van der Waals surface area contributed by atoms with Crippen LogP contribution in [0.2, 0.25) is 0 Å². The number of fused-ring (bicyclic) bond motifs is 1. The van der Waals surface area contributed by atoms with E-state index in [1.807, 2.05) is 12.1 Å². The van der Waals surface area contributed by atoms with Crippen LogP contribution >= 0.6 is 0 Å². The van der Waals surface area contributed by atoms with Crippen molar-refractivity contribution in [1.29, 1.82) is 0 Å². The van der Waals surface area contributed by atoms with E-state index in [0.29, 0.717) is 11.8 Å². The largest absolute Gasteiger partial charge is 0.504 e. The van der Waals surface area contributed by atoms with Crippen LogP contribution in [-0.4, -0.2) is 29.7 Å². The molecule has 3 unspecified atom stereocenters. The van der Waals surface area contributed by atoms with Crippen molar-refractivity contribution in [1.82, 2.24) is 4.90 Å². The van der Waals surface area contributed by atoms with E-state index in [1.165, 1.54) is 44.2 Å². The number of aromatic hydroxyl groups is 1. The van der Waals surface area contributed by atoms with Gasteiger partial charge in [0.15, 0.2) is 11.5 Å². The fourth-order valence-corrected chi connectivity index (χ4v) is 4.07. The van der Waals surface area contributed by atoms with Crippen LogP contribution in [0.25, 0.3) is 0 Å². The molecule has 3 rings (SSSR count). The maximum atomic E-state index is 9.73. The second-order valence-corrected chi connectivity index (χ2v) is 6.25. The minimum absolute atomic E-state index is 0.223. The molecule has 3 nitrogen and oxygen atoms in total. The van der Waals surface area contributed by atoms with Crippen LogP contribution in [0.3, 0.4) is 0 Å². The van der Waals surface area contributed by atoms with Crippen LogP contribution in [-0.2, 0) is 0 Å². The second-order valence-electron chi connectivity index (χ2n) is 6.25. The van der Waals surface area contributed by atoms with Gasteiger partial charge in [0, 0.05) is 12.1 Å². The topological polar surface area (TPSA) is 32.7 Å². The maximum absolute atomic E-state index is 9.73. The Morgan fingerprint density at radius 3 is 2.85 bits per heavy atom. The smallest absolute Gasteiger partial charge is 0.160 e. The summed E-state index contributed by atoms with van der Waals surface area (Å²) in [6.07, 6.45) is 6.90. The van der Waals surface area contributed by atoms with E-state index < -0.39 is 0 Å². The highest BCUT2D eigenvalue weighted by Crippen LogP contribution is 2.41. The molecule has 1 aromatic carbocycles. The molecule has 2 fully saturated rings. The highest BCUT2D eigenvalue weighted by atomic mass is 16.5. The minimum Gasteiger partial charge on any atom is -0.504 e. The van der Waals surface area contributed by atoms with Crippen LogP contribution in [0.1, 0.15) is 50.6 Å². The van der Waals surface area contributed by atoms with Crippen molar-refractivity contribution >= 4 is 0 Å². The third-order valence-corrected chi connectivity index (χ3v) is 5.24. The molecule has 20 heavy (non-hydrogen) atoms. The highest BCUT2D eigenvalue weighted by Gasteiger charge is 2.38. The van der Waals surface area contributed by atoms with Crippen molar-refractivity contribution < 1.29 is 9.84 Å². The van der Waals surface area contributed by atoms with Gasteiger partial charge in [0.05, 0.1) is 7.11 Å². The van der Waals surface area contributed by atoms with Gasteiger partial charge in [-0.3, -0.25) is 4.90 Å². The molecule has 1 aliphatic carbocycles. The molecule has 1 heterocycles. The molecule has 2 aliphatic rings. The number of ether oxygens (including phenoxy) is 1. The molecule has 0 aromatic heterocycles. The molecule has 110 valence electrons. The Bertz CT molecular complexity index is 474. The maximum Gasteiger partial charge on any atom is 0.160 e. The lowest BCUT2D eigenvalue weighted by Crippen LogP contribution is -2.36. The fraction of sp³-hybridized carbons (Fsp3) is 0.647. The molecule has 1 N–H and O–H groups in total. The normalized spacial score (nSPS) is 28.1. The van der Waals surface area contributed by atoms with Crippen molar-refractivity contribution in [3.63, 3.8) is 0 Å². The molecule has 3 atom stereocenters. The van der Waals surface area contributed by atoms with E-state index in [1.54, 1.807) is 13.2 Å². The zero-order valence-electron chi connectivity index (χ0n) is 12.5. The third-order valence-electron chi connectivity index (χ3n) is 5.24.